The maximum absolute atomic E-state index is 6.11. The van der Waals surface area contributed by atoms with Crippen LogP contribution in [0.1, 0.15) is 38.1 Å². The van der Waals surface area contributed by atoms with Gasteiger partial charge in [-0.15, -0.1) is 5.06 Å². The van der Waals surface area contributed by atoms with Crippen molar-refractivity contribution in [1.82, 2.24) is 10.0 Å². The van der Waals surface area contributed by atoms with E-state index in [4.69, 9.17) is 4.84 Å². The van der Waals surface area contributed by atoms with Gasteiger partial charge in [0.05, 0.1) is 6.04 Å². The van der Waals surface area contributed by atoms with E-state index in [-0.39, 0.29) is 11.6 Å². The van der Waals surface area contributed by atoms with E-state index in [2.05, 4.69) is 56.1 Å². The van der Waals surface area contributed by atoms with Gasteiger partial charge in [0.2, 0.25) is 0 Å². The molecule has 0 aliphatic carbocycles. The Balaban J connectivity index is 1.99. The number of hydrogen-bond acceptors (Lipinski definition) is 3. The smallest absolute Gasteiger partial charge is 0.171 e. The summed E-state index contributed by atoms with van der Waals surface area (Å²) in [7, 11) is 0. The molecule has 1 aliphatic rings. The second kappa shape index (κ2) is 5.34. The molecule has 0 bridgehead atoms. The van der Waals surface area contributed by atoms with Crippen LogP contribution in [0.5, 0.6) is 0 Å². The third kappa shape index (κ3) is 2.83. The molecule has 2 heterocycles. The number of aromatic nitrogens is 1. The van der Waals surface area contributed by atoms with Gasteiger partial charge in [-0.2, -0.15) is 0 Å². The van der Waals surface area contributed by atoms with Gasteiger partial charge in [0.25, 0.3) is 0 Å². The highest BCUT2D eigenvalue weighted by molar-refractivity contribution is 5.59. The Morgan fingerprint density at radius 2 is 1.71 bits per heavy atom. The van der Waals surface area contributed by atoms with Crippen molar-refractivity contribution in [3.63, 3.8) is 0 Å². The van der Waals surface area contributed by atoms with E-state index < -0.39 is 0 Å². The Labute approximate surface area is 125 Å². The van der Waals surface area contributed by atoms with Gasteiger partial charge in [-0.05, 0) is 44.5 Å². The number of rotatable bonds is 2. The molecule has 1 aromatic carbocycles. The molecule has 3 heteroatoms. The van der Waals surface area contributed by atoms with Gasteiger partial charge in [0, 0.05) is 11.7 Å². The summed E-state index contributed by atoms with van der Waals surface area (Å²) in [5, 5.41) is 2.03. The highest BCUT2D eigenvalue weighted by Crippen LogP contribution is 2.39. The number of pyridine rings is 1. The number of hydrogen-bond donors (Lipinski definition) is 0. The molecule has 108 valence electrons. The van der Waals surface area contributed by atoms with E-state index in [0.29, 0.717) is 0 Å². The molecule has 0 fully saturated rings. The lowest BCUT2D eigenvalue weighted by molar-refractivity contribution is -0.156. The zero-order chi connectivity index (χ0) is 14.9. The van der Waals surface area contributed by atoms with Crippen LogP contribution >= 0.6 is 0 Å². The number of hydroxylamine groups is 2. The van der Waals surface area contributed by atoms with Gasteiger partial charge in [-0.3, -0.25) is 4.98 Å². The van der Waals surface area contributed by atoms with Crippen LogP contribution in [0.3, 0.4) is 0 Å². The maximum atomic E-state index is 6.11. The van der Waals surface area contributed by atoms with Crippen LogP contribution in [0.15, 0.2) is 60.8 Å². The third-order valence-corrected chi connectivity index (χ3v) is 3.48. The van der Waals surface area contributed by atoms with Crippen LogP contribution in [0, 0.1) is 0 Å². The molecule has 21 heavy (non-hydrogen) atoms. The molecule has 1 aromatic heterocycles. The molecule has 2 aromatic rings. The van der Waals surface area contributed by atoms with Crippen LogP contribution in [-0.2, 0) is 4.84 Å². The molecule has 0 saturated heterocycles. The molecule has 0 N–H and O–H groups in total. The highest BCUT2D eigenvalue weighted by atomic mass is 16.7. The van der Waals surface area contributed by atoms with E-state index in [1.807, 2.05) is 29.3 Å². The van der Waals surface area contributed by atoms with Crippen molar-refractivity contribution in [2.75, 3.05) is 0 Å². The lowest BCUT2D eigenvalue weighted by atomic mass is 10.0. The number of benzene rings is 1. The summed E-state index contributed by atoms with van der Waals surface area (Å²) in [6, 6.07) is 16.4. The van der Waals surface area contributed by atoms with Gasteiger partial charge in [-0.1, -0.05) is 36.4 Å². The van der Waals surface area contributed by atoms with Gasteiger partial charge >= 0.3 is 0 Å². The molecule has 3 rings (SSSR count). The first-order chi connectivity index (χ1) is 10.1. The largest absolute Gasteiger partial charge is 0.403 e. The Morgan fingerprint density at radius 1 is 1.00 bits per heavy atom. The summed E-state index contributed by atoms with van der Waals surface area (Å²) in [5.74, 6) is 0.819. The average molecular weight is 280 g/mol. The quantitative estimate of drug-likeness (QED) is 0.824. The zero-order valence-electron chi connectivity index (χ0n) is 12.7. The van der Waals surface area contributed by atoms with Gasteiger partial charge in [-0.25, -0.2) is 0 Å². The monoisotopic (exact) mass is 280 g/mol. The highest BCUT2D eigenvalue weighted by Gasteiger charge is 2.37. The minimum Gasteiger partial charge on any atom is -0.403 e. The molecular formula is C18H20N2O. The van der Waals surface area contributed by atoms with Crippen molar-refractivity contribution in [1.29, 1.82) is 0 Å². The second-order valence-electron chi connectivity index (χ2n) is 6.19. The summed E-state index contributed by atoms with van der Waals surface area (Å²) in [5.41, 5.74) is 1.98. The third-order valence-electron chi connectivity index (χ3n) is 3.48. The molecule has 0 amide bonds. The van der Waals surface area contributed by atoms with E-state index in [1.54, 1.807) is 6.20 Å². The maximum Gasteiger partial charge on any atom is 0.171 e. The topological polar surface area (TPSA) is 25.4 Å². The lowest BCUT2D eigenvalue weighted by Crippen LogP contribution is -2.40. The van der Waals surface area contributed by atoms with E-state index in [1.165, 1.54) is 5.56 Å². The second-order valence-corrected chi connectivity index (χ2v) is 6.19. The average Bonchev–Trinajstić information content (AvgIpc) is 2.94. The van der Waals surface area contributed by atoms with Crippen LogP contribution in [0.25, 0.3) is 5.76 Å². The van der Waals surface area contributed by atoms with E-state index in [0.717, 1.165) is 11.5 Å². The summed E-state index contributed by atoms with van der Waals surface area (Å²) >= 11 is 0. The summed E-state index contributed by atoms with van der Waals surface area (Å²) in [6.07, 6.45) is 3.93. The minimum absolute atomic E-state index is 0.100. The molecule has 1 atom stereocenters. The molecule has 0 spiro atoms. The molecule has 0 radical (unpaired) electrons. The first-order valence-corrected chi connectivity index (χ1v) is 7.21. The van der Waals surface area contributed by atoms with Gasteiger partial charge in [0.15, 0.2) is 5.76 Å². The van der Waals surface area contributed by atoms with E-state index in [9.17, 15) is 0 Å². The lowest BCUT2D eigenvalue weighted by Gasteiger charge is -2.35. The van der Waals surface area contributed by atoms with Crippen molar-refractivity contribution in [3.05, 3.63) is 72.1 Å². The fourth-order valence-corrected chi connectivity index (χ4v) is 2.48. The Kier molecular flexibility index (Phi) is 3.52. The first-order valence-electron chi connectivity index (χ1n) is 7.21. The summed E-state index contributed by atoms with van der Waals surface area (Å²) in [4.78, 5) is 10.5. The van der Waals surface area contributed by atoms with E-state index >= 15 is 0 Å². The number of nitrogens with zero attached hydrogens (tertiary/aromatic N) is 2. The molecular weight excluding hydrogens is 260 g/mol. The van der Waals surface area contributed by atoms with Crippen molar-refractivity contribution in [3.8, 4) is 0 Å². The SMILES string of the molecule is CC(C)(C)N1OC(c2ccccn2)=CC1c1ccccc1. The van der Waals surface area contributed by atoms with Crippen LogP contribution < -0.4 is 0 Å². The van der Waals surface area contributed by atoms with Gasteiger partial charge < -0.3 is 4.84 Å². The summed E-state index contributed by atoms with van der Waals surface area (Å²) in [6.45, 7) is 6.45. The molecule has 1 unspecified atom stereocenters. The molecule has 0 saturated carbocycles. The normalized spacial score (nSPS) is 19.2. The molecule has 1 aliphatic heterocycles. The summed E-state index contributed by atoms with van der Waals surface area (Å²) < 4.78 is 0. The minimum atomic E-state index is -0.104. The Hall–Kier alpha value is -2.13. The van der Waals surface area contributed by atoms with Crippen LogP contribution in [0.2, 0.25) is 0 Å². The predicted octanol–water partition coefficient (Wildman–Crippen LogP) is 4.21. The van der Waals surface area contributed by atoms with Crippen molar-refractivity contribution >= 4 is 5.76 Å². The fourth-order valence-electron chi connectivity index (χ4n) is 2.48. The Bertz CT molecular complexity index is 629. The van der Waals surface area contributed by atoms with Gasteiger partial charge in [0.1, 0.15) is 5.69 Å². The van der Waals surface area contributed by atoms with Crippen molar-refractivity contribution in [2.45, 2.75) is 32.4 Å². The van der Waals surface area contributed by atoms with Crippen LogP contribution in [-0.4, -0.2) is 15.6 Å². The Morgan fingerprint density at radius 3 is 2.33 bits per heavy atom. The van der Waals surface area contributed by atoms with Crippen LogP contribution in [0.4, 0.5) is 0 Å². The fraction of sp³-hybridized carbons (Fsp3) is 0.278. The first kappa shape index (κ1) is 13.8. The zero-order valence-corrected chi connectivity index (χ0v) is 12.7. The predicted molar refractivity (Wildman–Crippen MR) is 84.1 cm³/mol. The molecule has 3 nitrogen and oxygen atoms in total. The van der Waals surface area contributed by atoms with Crippen molar-refractivity contribution < 1.29 is 4.84 Å². The standard InChI is InChI=1S/C18H20N2O/c1-18(2,3)20-16(14-9-5-4-6-10-14)13-17(21-20)15-11-7-8-12-19-15/h4-13,16H,1-3H3. The van der Waals surface area contributed by atoms with Crippen molar-refractivity contribution in [2.24, 2.45) is 0 Å².